The summed E-state index contributed by atoms with van der Waals surface area (Å²) in [6, 6.07) is 5.44. The largest absolute Gasteiger partial charge is 0.465 e. The summed E-state index contributed by atoms with van der Waals surface area (Å²) in [6.45, 7) is 4.09. The zero-order chi connectivity index (χ0) is 14.3. The maximum Gasteiger partial charge on any atom is 0.337 e. The van der Waals surface area contributed by atoms with Gasteiger partial charge >= 0.3 is 5.97 Å². The van der Waals surface area contributed by atoms with Crippen LogP contribution in [-0.2, 0) is 9.53 Å². The first-order valence-electron chi connectivity index (χ1n) is 6.14. The van der Waals surface area contributed by atoms with E-state index < -0.39 is 0 Å². The third kappa shape index (κ3) is 4.95. The fraction of sp³-hybridized carbons (Fsp3) is 0.333. The molecule has 0 aliphatic heterocycles. The van der Waals surface area contributed by atoms with E-state index in [9.17, 15) is 9.59 Å². The summed E-state index contributed by atoms with van der Waals surface area (Å²) < 4.78 is 4.69. The molecule has 1 rings (SSSR count). The molecule has 1 N–H and O–H groups in total. The van der Waals surface area contributed by atoms with Gasteiger partial charge in [0.25, 0.3) is 0 Å². The van der Waals surface area contributed by atoms with Crippen molar-refractivity contribution in [3.05, 3.63) is 41.0 Å². The standard InChI is InChI=1S/C15H19NO3/c1-11-7-8-14(15(18)19-3)10-13(11)6-4-5-9-16-12(2)17/h4,6-8,10H,5,9H2,1-3H3,(H,16,17). The lowest BCUT2D eigenvalue weighted by Gasteiger charge is -2.04. The Hall–Kier alpha value is -2.10. The highest BCUT2D eigenvalue weighted by Gasteiger charge is 2.06. The van der Waals surface area contributed by atoms with Gasteiger partial charge in [0.1, 0.15) is 0 Å². The number of rotatable bonds is 5. The smallest absolute Gasteiger partial charge is 0.337 e. The monoisotopic (exact) mass is 261 g/mol. The van der Waals surface area contributed by atoms with E-state index in [2.05, 4.69) is 5.32 Å². The van der Waals surface area contributed by atoms with Crippen LogP contribution in [0, 0.1) is 6.92 Å². The SMILES string of the molecule is COC(=O)c1ccc(C)c(C=CCCNC(C)=O)c1. The average molecular weight is 261 g/mol. The Morgan fingerprint density at radius 2 is 2.11 bits per heavy atom. The van der Waals surface area contributed by atoms with Gasteiger partial charge in [-0.1, -0.05) is 18.2 Å². The lowest BCUT2D eigenvalue weighted by Crippen LogP contribution is -2.20. The molecule has 19 heavy (non-hydrogen) atoms. The van der Waals surface area contributed by atoms with E-state index in [1.807, 2.05) is 25.1 Å². The van der Waals surface area contributed by atoms with E-state index in [4.69, 9.17) is 4.74 Å². The van der Waals surface area contributed by atoms with Crippen molar-refractivity contribution in [3.8, 4) is 0 Å². The van der Waals surface area contributed by atoms with Crippen molar-refractivity contribution in [3.63, 3.8) is 0 Å². The molecule has 0 radical (unpaired) electrons. The molecule has 4 nitrogen and oxygen atoms in total. The summed E-state index contributed by atoms with van der Waals surface area (Å²) in [6.07, 6.45) is 4.67. The van der Waals surface area contributed by atoms with Crippen LogP contribution in [0.5, 0.6) is 0 Å². The van der Waals surface area contributed by atoms with Crippen molar-refractivity contribution in [1.82, 2.24) is 5.32 Å². The third-order valence-electron chi connectivity index (χ3n) is 2.68. The Morgan fingerprint density at radius 1 is 1.37 bits per heavy atom. The van der Waals surface area contributed by atoms with Crippen molar-refractivity contribution < 1.29 is 14.3 Å². The maximum absolute atomic E-state index is 11.4. The van der Waals surface area contributed by atoms with Gasteiger partial charge in [0.2, 0.25) is 5.91 Å². The van der Waals surface area contributed by atoms with Gasteiger partial charge in [-0.25, -0.2) is 4.79 Å². The van der Waals surface area contributed by atoms with Gasteiger partial charge in [0.05, 0.1) is 12.7 Å². The van der Waals surface area contributed by atoms with Gasteiger partial charge in [0, 0.05) is 13.5 Å². The van der Waals surface area contributed by atoms with Gasteiger partial charge in [-0.05, 0) is 36.6 Å². The number of ether oxygens (including phenoxy) is 1. The molecule has 0 atom stereocenters. The fourth-order valence-corrected chi connectivity index (χ4v) is 1.61. The number of aryl methyl sites for hydroxylation is 1. The van der Waals surface area contributed by atoms with E-state index in [0.29, 0.717) is 12.1 Å². The number of amides is 1. The van der Waals surface area contributed by atoms with Crippen LogP contribution in [0.3, 0.4) is 0 Å². The summed E-state index contributed by atoms with van der Waals surface area (Å²) >= 11 is 0. The van der Waals surface area contributed by atoms with Crippen molar-refractivity contribution in [2.75, 3.05) is 13.7 Å². The molecule has 1 amide bonds. The second-order valence-corrected chi connectivity index (χ2v) is 4.24. The number of carbonyl (C=O) groups excluding carboxylic acids is 2. The Kier molecular flexibility index (Phi) is 5.79. The first-order chi connectivity index (χ1) is 9.04. The number of hydrogen-bond donors (Lipinski definition) is 1. The maximum atomic E-state index is 11.4. The van der Waals surface area contributed by atoms with Crippen LogP contribution in [0.4, 0.5) is 0 Å². The molecule has 0 unspecified atom stereocenters. The minimum atomic E-state index is -0.340. The Morgan fingerprint density at radius 3 is 2.74 bits per heavy atom. The number of benzene rings is 1. The molecule has 0 aliphatic rings. The zero-order valence-electron chi connectivity index (χ0n) is 11.5. The Labute approximate surface area is 113 Å². The van der Waals surface area contributed by atoms with E-state index in [-0.39, 0.29) is 11.9 Å². The first kappa shape index (κ1) is 15.0. The molecule has 1 aromatic carbocycles. The fourth-order valence-electron chi connectivity index (χ4n) is 1.61. The van der Waals surface area contributed by atoms with Crippen LogP contribution < -0.4 is 5.32 Å². The quantitative estimate of drug-likeness (QED) is 0.653. The number of hydrogen-bond acceptors (Lipinski definition) is 3. The zero-order valence-corrected chi connectivity index (χ0v) is 11.5. The van der Waals surface area contributed by atoms with Crippen LogP contribution in [0.15, 0.2) is 24.3 Å². The summed E-state index contributed by atoms with van der Waals surface area (Å²) in [7, 11) is 1.37. The van der Waals surface area contributed by atoms with E-state index >= 15 is 0 Å². The van der Waals surface area contributed by atoms with Crippen LogP contribution in [-0.4, -0.2) is 25.5 Å². The third-order valence-corrected chi connectivity index (χ3v) is 2.68. The summed E-state index contributed by atoms with van der Waals surface area (Å²) in [5, 5.41) is 2.72. The summed E-state index contributed by atoms with van der Waals surface area (Å²) in [5.41, 5.74) is 2.60. The molecule has 0 saturated carbocycles. The Bertz CT molecular complexity index is 492. The van der Waals surface area contributed by atoms with Gasteiger partial charge in [-0.3, -0.25) is 4.79 Å². The number of esters is 1. The first-order valence-corrected chi connectivity index (χ1v) is 6.14. The van der Waals surface area contributed by atoms with Crippen molar-refractivity contribution in [2.24, 2.45) is 0 Å². The normalized spacial score (nSPS) is 10.5. The molecular weight excluding hydrogens is 242 g/mol. The molecule has 0 bridgehead atoms. The van der Waals surface area contributed by atoms with Crippen LogP contribution in [0.1, 0.15) is 34.8 Å². The predicted octanol–water partition coefficient (Wildman–Crippen LogP) is 2.32. The number of carbonyl (C=O) groups is 2. The second kappa shape index (κ2) is 7.36. The van der Waals surface area contributed by atoms with Gasteiger partial charge in [0.15, 0.2) is 0 Å². The average Bonchev–Trinajstić information content (AvgIpc) is 2.39. The van der Waals surface area contributed by atoms with E-state index in [0.717, 1.165) is 17.5 Å². The van der Waals surface area contributed by atoms with Gasteiger partial charge in [-0.15, -0.1) is 0 Å². The van der Waals surface area contributed by atoms with E-state index in [1.54, 1.807) is 12.1 Å². The van der Waals surface area contributed by atoms with Crippen molar-refractivity contribution >= 4 is 18.0 Å². The van der Waals surface area contributed by atoms with Crippen LogP contribution in [0.25, 0.3) is 6.08 Å². The molecule has 0 aromatic heterocycles. The molecule has 0 spiro atoms. The summed E-state index contributed by atoms with van der Waals surface area (Å²) in [4.78, 5) is 22.1. The lowest BCUT2D eigenvalue weighted by atomic mass is 10.0. The summed E-state index contributed by atoms with van der Waals surface area (Å²) in [5.74, 6) is -0.370. The van der Waals surface area contributed by atoms with Crippen molar-refractivity contribution in [2.45, 2.75) is 20.3 Å². The van der Waals surface area contributed by atoms with Gasteiger partial charge < -0.3 is 10.1 Å². The molecule has 0 fully saturated rings. The minimum absolute atomic E-state index is 0.0303. The highest BCUT2D eigenvalue weighted by molar-refractivity contribution is 5.90. The highest BCUT2D eigenvalue weighted by Crippen LogP contribution is 2.14. The van der Waals surface area contributed by atoms with Crippen LogP contribution >= 0.6 is 0 Å². The molecular formula is C15H19NO3. The molecule has 0 heterocycles. The Balaban J connectivity index is 2.69. The predicted molar refractivity (Wildman–Crippen MR) is 74.9 cm³/mol. The van der Waals surface area contributed by atoms with Crippen molar-refractivity contribution in [1.29, 1.82) is 0 Å². The topological polar surface area (TPSA) is 55.4 Å². The van der Waals surface area contributed by atoms with Crippen LogP contribution in [0.2, 0.25) is 0 Å². The van der Waals surface area contributed by atoms with Gasteiger partial charge in [-0.2, -0.15) is 0 Å². The molecule has 4 heteroatoms. The lowest BCUT2D eigenvalue weighted by molar-refractivity contribution is -0.118. The molecule has 0 aliphatic carbocycles. The molecule has 1 aromatic rings. The van der Waals surface area contributed by atoms with E-state index in [1.165, 1.54) is 14.0 Å². The minimum Gasteiger partial charge on any atom is -0.465 e. The number of nitrogens with one attached hydrogen (secondary N) is 1. The number of methoxy groups -OCH3 is 1. The highest BCUT2D eigenvalue weighted by atomic mass is 16.5. The second-order valence-electron chi connectivity index (χ2n) is 4.24. The molecule has 102 valence electrons. The molecule has 0 saturated heterocycles.